The summed E-state index contributed by atoms with van der Waals surface area (Å²) in [4.78, 5) is 18.0. The van der Waals surface area contributed by atoms with Gasteiger partial charge in [0, 0.05) is 16.5 Å². The van der Waals surface area contributed by atoms with Crippen LogP contribution < -0.4 is 14.8 Å². The third-order valence-corrected chi connectivity index (χ3v) is 7.94. The molecule has 0 bridgehead atoms. The molecule has 3 aromatic carbocycles. The summed E-state index contributed by atoms with van der Waals surface area (Å²) in [6.45, 7) is 8.01. The van der Waals surface area contributed by atoms with Gasteiger partial charge in [-0.15, -0.1) is 5.10 Å². The number of nitrogens with zero attached hydrogens (tertiary/aromatic N) is 3. The van der Waals surface area contributed by atoms with Crippen molar-refractivity contribution in [1.29, 1.82) is 0 Å². The number of nitrogens with one attached hydrogen (secondary N) is 1. The molecule has 4 aromatic rings. The van der Waals surface area contributed by atoms with Crippen LogP contribution in [0.3, 0.4) is 0 Å². The van der Waals surface area contributed by atoms with E-state index in [4.69, 9.17) is 35.9 Å². The first kappa shape index (κ1) is 29.3. The highest BCUT2D eigenvalue weighted by molar-refractivity contribution is 7.98. The van der Waals surface area contributed by atoms with Gasteiger partial charge in [0.25, 0.3) is 0 Å². The van der Waals surface area contributed by atoms with E-state index in [0.29, 0.717) is 51.3 Å². The smallest absolute Gasteiger partial charge is 0.338 e. The van der Waals surface area contributed by atoms with Crippen LogP contribution >= 0.6 is 23.4 Å². The van der Waals surface area contributed by atoms with Crippen LogP contribution in [0.4, 0.5) is 5.95 Å². The molecule has 0 fully saturated rings. The zero-order chi connectivity index (χ0) is 29.6. The number of hydrogen-bond donors (Lipinski definition) is 1. The molecule has 216 valence electrons. The largest absolute Gasteiger partial charge is 0.493 e. The van der Waals surface area contributed by atoms with E-state index < -0.39 is 12.0 Å². The number of thioether (sulfide) groups is 1. The van der Waals surface area contributed by atoms with Crippen molar-refractivity contribution < 1.29 is 19.0 Å². The second-order valence-corrected chi connectivity index (χ2v) is 11.0. The normalized spacial score (nSPS) is 14.1. The van der Waals surface area contributed by atoms with Crippen LogP contribution in [0.25, 0.3) is 0 Å². The van der Waals surface area contributed by atoms with Crippen molar-refractivity contribution in [3.8, 4) is 11.5 Å². The van der Waals surface area contributed by atoms with Crippen LogP contribution in [-0.2, 0) is 21.9 Å². The number of esters is 1. The number of halogens is 1. The molecule has 0 amide bonds. The van der Waals surface area contributed by atoms with Crippen LogP contribution in [0, 0.1) is 6.92 Å². The third-order valence-electron chi connectivity index (χ3n) is 6.68. The Labute approximate surface area is 254 Å². The fourth-order valence-corrected chi connectivity index (χ4v) is 5.79. The summed E-state index contributed by atoms with van der Waals surface area (Å²) in [5, 5.41) is 9.25. The van der Waals surface area contributed by atoms with Crippen molar-refractivity contribution in [3.05, 3.63) is 118 Å². The molecule has 0 radical (unpaired) electrons. The summed E-state index contributed by atoms with van der Waals surface area (Å²) in [5.74, 6) is 1.75. The zero-order valence-corrected chi connectivity index (χ0v) is 25.2. The number of anilines is 1. The molecular weight excluding hydrogens is 572 g/mol. The standard InChI is InChI=1S/C32H31ClN4O4S/c1-5-15-40-30(38)28-21(3)34-31-35-32(42-19-24-11-6-7-12-25(24)33)36-37(31)29(28)23-13-14-26(27(17-23)39-4)41-18-22-10-8-9-20(2)16-22/h5-14,16-17,29H,1,15,18-19H2,2-4H3,(H,34,35,36). The fraction of sp³-hybridized carbons (Fsp3) is 0.219. The minimum atomic E-state index is -0.625. The summed E-state index contributed by atoms with van der Waals surface area (Å²) in [6.07, 6.45) is 1.53. The van der Waals surface area contributed by atoms with Crippen LogP contribution in [0.1, 0.15) is 35.2 Å². The Bertz CT molecular complexity index is 1650. The van der Waals surface area contributed by atoms with Crippen LogP contribution in [0.2, 0.25) is 5.02 Å². The summed E-state index contributed by atoms with van der Waals surface area (Å²) in [7, 11) is 1.59. The first-order valence-electron chi connectivity index (χ1n) is 13.3. The fourth-order valence-electron chi connectivity index (χ4n) is 4.67. The highest BCUT2D eigenvalue weighted by Gasteiger charge is 2.35. The molecule has 10 heteroatoms. The van der Waals surface area contributed by atoms with E-state index in [0.717, 1.165) is 22.3 Å². The highest BCUT2D eigenvalue weighted by atomic mass is 35.5. The van der Waals surface area contributed by atoms with Gasteiger partial charge in [0.2, 0.25) is 11.1 Å². The number of ether oxygens (including phenoxy) is 3. The molecule has 2 heterocycles. The number of aromatic nitrogens is 3. The predicted molar refractivity (Wildman–Crippen MR) is 165 cm³/mol. The van der Waals surface area contributed by atoms with Gasteiger partial charge in [0.05, 0.1) is 12.7 Å². The SMILES string of the molecule is C=CCOC(=O)C1=C(C)Nc2nc(SCc3ccccc3Cl)nn2C1c1ccc(OCc2cccc(C)c2)c(OC)c1. The van der Waals surface area contributed by atoms with E-state index in [1.54, 1.807) is 11.8 Å². The average molecular weight is 603 g/mol. The Kier molecular flexibility index (Phi) is 9.19. The lowest BCUT2D eigenvalue weighted by Crippen LogP contribution is -2.29. The molecule has 42 heavy (non-hydrogen) atoms. The molecule has 0 saturated heterocycles. The highest BCUT2D eigenvalue weighted by Crippen LogP contribution is 2.40. The molecule has 0 saturated carbocycles. The summed E-state index contributed by atoms with van der Waals surface area (Å²) >= 11 is 7.81. The molecule has 1 N–H and O–H groups in total. The molecule has 1 atom stereocenters. The first-order valence-corrected chi connectivity index (χ1v) is 14.7. The van der Waals surface area contributed by atoms with E-state index in [2.05, 4.69) is 18.0 Å². The van der Waals surface area contributed by atoms with Crippen molar-refractivity contribution in [1.82, 2.24) is 14.8 Å². The predicted octanol–water partition coefficient (Wildman–Crippen LogP) is 7.14. The molecule has 5 rings (SSSR count). The van der Waals surface area contributed by atoms with Crippen molar-refractivity contribution >= 4 is 35.3 Å². The number of hydrogen-bond acceptors (Lipinski definition) is 8. The Morgan fingerprint density at radius 3 is 2.71 bits per heavy atom. The van der Waals surface area contributed by atoms with Crippen LogP contribution in [0.15, 0.2) is 95.8 Å². The van der Waals surface area contributed by atoms with Gasteiger partial charge in [-0.2, -0.15) is 4.98 Å². The van der Waals surface area contributed by atoms with Gasteiger partial charge >= 0.3 is 5.97 Å². The molecule has 1 aliphatic rings. The average Bonchev–Trinajstić information content (AvgIpc) is 3.40. The maximum absolute atomic E-state index is 13.3. The van der Waals surface area contributed by atoms with Gasteiger partial charge < -0.3 is 19.5 Å². The minimum Gasteiger partial charge on any atom is -0.493 e. The van der Waals surface area contributed by atoms with Gasteiger partial charge in [0.1, 0.15) is 19.3 Å². The van der Waals surface area contributed by atoms with Gasteiger partial charge in [0.15, 0.2) is 11.5 Å². The molecule has 1 aliphatic heterocycles. The number of aryl methyl sites for hydroxylation is 1. The van der Waals surface area contributed by atoms with Crippen molar-refractivity contribution in [2.45, 2.75) is 37.4 Å². The lowest BCUT2D eigenvalue weighted by atomic mass is 9.95. The Morgan fingerprint density at radius 2 is 1.95 bits per heavy atom. The Morgan fingerprint density at radius 1 is 1.12 bits per heavy atom. The number of allylic oxidation sites excluding steroid dienone is 1. The van der Waals surface area contributed by atoms with Crippen LogP contribution in [0.5, 0.6) is 11.5 Å². The number of carbonyl (C=O) groups excluding carboxylic acids is 1. The van der Waals surface area contributed by atoms with Crippen LogP contribution in [-0.4, -0.2) is 34.5 Å². The lowest BCUT2D eigenvalue weighted by Gasteiger charge is -2.28. The van der Waals surface area contributed by atoms with E-state index >= 15 is 0 Å². The maximum atomic E-state index is 13.3. The zero-order valence-electron chi connectivity index (χ0n) is 23.6. The quantitative estimate of drug-likeness (QED) is 0.110. The summed E-state index contributed by atoms with van der Waals surface area (Å²) in [6, 6.07) is 20.8. The van der Waals surface area contributed by atoms with E-state index in [1.165, 1.54) is 17.8 Å². The number of benzene rings is 3. The number of rotatable bonds is 11. The monoisotopic (exact) mass is 602 g/mol. The summed E-state index contributed by atoms with van der Waals surface area (Å²) in [5.41, 5.74) is 4.99. The topological polar surface area (TPSA) is 87.5 Å². The van der Waals surface area contributed by atoms with Gasteiger partial charge in [-0.05, 0) is 48.7 Å². The van der Waals surface area contributed by atoms with Gasteiger partial charge in [-0.3, -0.25) is 0 Å². The van der Waals surface area contributed by atoms with Crippen molar-refractivity contribution in [3.63, 3.8) is 0 Å². The maximum Gasteiger partial charge on any atom is 0.338 e. The minimum absolute atomic E-state index is 0.0839. The van der Waals surface area contributed by atoms with Crippen molar-refractivity contribution in [2.24, 2.45) is 0 Å². The number of methoxy groups -OCH3 is 1. The molecule has 8 nitrogen and oxygen atoms in total. The Hall–Kier alpha value is -4.21. The number of fused-ring (bicyclic) bond motifs is 1. The van der Waals surface area contributed by atoms with E-state index in [9.17, 15) is 4.79 Å². The first-order chi connectivity index (χ1) is 20.4. The third kappa shape index (κ3) is 6.48. The number of carbonyl (C=O) groups is 1. The van der Waals surface area contributed by atoms with Crippen molar-refractivity contribution in [2.75, 3.05) is 19.0 Å². The van der Waals surface area contributed by atoms with Gasteiger partial charge in [-0.1, -0.05) is 90.1 Å². The second-order valence-electron chi connectivity index (χ2n) is 9.68. The Balaban J connectivity index is 1.48. The van der Waals surface area contributed by atoms with E-state index in [-0.39, 0.29) is 6.61 Å². The molecule has 0 aliphatic carbocycles. The second kappa shape index (κ2) is 13.2. The van der Waals surface area contributed by atoms with E-state index in [1.807, 2.05) is 74.5 Å². The lowest BCUT2D eigenvalue weighted by molar-refractivity contribution is -0.138. The summed E-state index contributed by atoms with van der Waals surface area (Å²) < 4.78 is 19.0. The molecule has 1 unspecified atom stereocenters. The molecule has 0 spiro atoms. The molecular formula is C32H31ClN4O4S. The van der Waals surface area contributed by atoms with Gasteiger partial charge in [-0.25, -0.2) is 9.48 Å². The molecule has 1 aromatic heterocycles.